The van der Waals surface area contributed by atoms with E-state index in [0.717, 1.165) is 0 Å². The third-order valence-corrected chi connectivity index (χ3v) is 1.28. The van der Waals surface area contributed by atoms with Gasteiger partial charge in [0.15, 0.2) is 0 Å². The van der Waals surface area contributed by atoms with Gasteiger partial charge in [0.1, 0.15) is 0 Å². The lowest BCUT2D eigenvalue weighted by Crippen LogP contribution is -2.21. The van der Waals surface area contributed by atoms with E-state index in [4.69, 9.17) is 16.8 Å². The van der Waals surface area contributed by atoms with Crippen LogP contribution in [-0.4, -0.2) is 15.8 Å². The fourth-order valence-electron chi connectivity index (χ4n) is 0.119. The van der Waals surface area contributed by atoms with Crippen LogP contribution in [0, 0.1) is 0 Å². The molecule has 0 aliphatic heterocycles. The smallest absolute Gasteiger partial charge is 0.0801 e. The highest BCUT2D eigenvalue weighted by molar-refractivity contribution is 6.35. The van der Waals surface area contributed by atoms with E-state index >= 15 is 0 Å². The van der Waals surface area contributed by atoms with Crippen LogP contribution in [0.25, 0.3) is 0 Å². The summed E-state index contributed by atoms with van der Waals surface area (Å²) in [6.45, 7) is 5.21. The van der Waals surface area contributed by atoms with Gasteiger partial charge >= 0.3 is 0 Å². The molecule has 0 fully saturated rings. The first-order valence-electron chi connectivity index (χ1n) is 2.36. The zero-order valence-corrected chi connectivity index (χ0v) is 6.03. The van der Waals surface area contributed by atoms with E-state index in [0.29, 0.717) is 5.71 Å². The molecule has 0 spiro atoms. The van der Waals surface area contributed by atoms with Gasteiger partial charge in [-0.25, -0.2) is 0 Å². The minimum atomic E-state index is -0.519. The first-order valence-corrected chi connectivity index (χ1v) is 2.74. The second-order valence-electron chi connectivity index (χ2n) is 2.16. The molecule has 0 heterocycles. The Kier molecular flexibility index (Phi) is 2.28. The Morgan fingerprint density at radius 1 is 1.62 bits per heavy atom. The number of hydrogen-bond acceptors (Lipinski definition) is 2. The summed E-state index contributed by atoms with van der Waals surface area (Å²) in [5, 5.41) is 11.1. The van der Waals surface area contributed by atoms with Gasteiger partial charge in [-0.1, -0.05) is 5.16 Å². The second kappa shape index (κ2) is 2.35. The molecule has 0 radical (unpaired) electrons. The van der Waals surface area contributed by atoms with Crippen molar-refractivity contribution in [2.24, 2.45) is 5.16 Å². The molecule has 0 aromatic heterocycles. The van der Waals surface area contributed by atoms with E-state index in [2.05, 4.69) is 5.16 Å². The Labute approximate surface area is 54.1 Å². The molecule has 0 aliphatic rings. The van der Waals surface area contributed by atoms with Crippen molar-refractivity contribution in [2.45, 2.75) is 25.6 Å². The average Bonchev–Trinajstić information content (AvgIpc) is 1.62. The van der Waals surface area contributed by atoms with E-state index in [9.17, 15) is 0 Å². The summed E-state index contributed by atoms with van der Waals surface area (Å²) in [6.07, 6.45) is 0. The SMILES string of the molecule is C/C(=N/O)C(C)(C)Cl. The molecular weight excluding hydrogens is 126 g/mol. The van der Waals surface area contributed by atoms with Crippen molar-refractivity contribution in [3.63, 3.8) is 0 Å². The summed E-state index contributed by atoms with van der Waals surface area (Å²) < 4.78 is 0. The summed E-state index contributed by atoms with van der Waals surface area (Å²) in [5.41, 5.74) is 0.527. The zero-order valence-electron chi connectivity index (χ0n) is 5.27. The molecule has 0 bridgehead atoms. The lowest BCUT2D eigenvalue weighted by molar-refractivity contribution is 0.316. The van der Waals surface area contributed by atoms with Gasteiger partial charge in [-0.15, -0.1) is 11.6 Å². The predicted molar refractivity (Wildman–Crippen MR) is 34.8 cm³/mol. The molecule has 0 rings (SSSR count). The minimum absolute atomic E-state index is 0.519. The number of nitrogens with zero attached hydrogens (tertiary/aromatic N) is 1. The maximum atomic E-state index is 8.17. The highest BCUT2D eigenvalue weighted by atomic mass is 35.5. The van der Waals surface area contributed by atoms with Crippen LogP contribution in [0.5, 0.6) is 0 Å². The molecule has 2 nitrogen and oxygen atoms in total. The van der Waals surface area contributed by atoms with Crippen molar-refractivity contribution < 1.29 is 5.21 Å². The van der Waals surface area contributed by atoms with Crippen LogP contribution < -0.4 is 0 Å². The van der Waals surface area contributed by atoms with Gasteiger partial charge in [0.2, 0.25) is 0 Å². The Morgan fingerprint density at radius 2 is 2.00 bits per heavy atom. The number of alkyl halides is 1. The standard InChI is InChI=1S/C5H10ClNO/c1-4(7-8)5(2,3)6/h8H,1-3H3/b7-4-. The van der Waals surface area contributed by atoms with Crippen LogP contribution in [0.4, 0.5) is 0 Å². The van der Waals surface area contributed by atoms with E-state index < -0.39 is 4.87 Å². The lowest BCUT2D eigenvalue weighted by Gasteiger charge is -2.11. The van der Waals surface area contributed by atoms with Crippen molar-refractivity contribution in [1.29, 1.82) is 0 Å². The minimum Gasteiger partial charge on any atom is -0.411 e. The van der Waals surface area contributed by atoms with Gasteiger partial charge in [0.25, 0.3) is 0 Å². The molecular formula is C5H10ClNO. The Bertz CT molecular complexity index is 103. The summed E-state index contributed by atoms with van der Waals surface area (Å²) in [5.74, 6) is 0. The van der Waals surface area contributed by atoms with Crippen LogP contribution in [0.1, 0.15) is 20.8 Å². The Balaban J connectivity index is 4.03. The highest BCUT2D eigenvalue weighted by Gasteiger charge is 2.16. The fourth-order valence-corrected chi connectivity index (χ4v) is 0.157. The van der Waals surface area contributed by atoms with Crippen LogP contribution in [-0.2, 0) is 0 Å². The van der Waals surface area contributed by atoms with E-state index in [-0.39, 0.29) is 0 Å². The number of hydrogen-bond donors (Lipinski definition) is 1. The molecule has 0 atom stereocenters. The van der Waals surface area contributed by atoms with Crippen LogP contribution in [0.15, 0.2) is 5.16 Å². The van der Waals surface area contributed by atoms with E-state index in [1.54, 1.807) is 20.8 Å². The molecule has 48 valence electrons. The molecule has 1 N–H and O–H groups in total. The van der Waals surface area contributed by atoms with Gasteiger partial charge < -0.3 is 5.21 Å². The van der Waals surface area contributed by atoms with E-state index in [1.165, 1.54) is 0 Å². The van der Waals surface area contributed by atoms with Crippen molar-refractivity contribution in [2.75, 3.05) is 0 Å². The predicted octanol–water partition coefficient (Wildman–Crippen LogP) is 1.85. The topological polar surface area (TPSA) is 32.6 Å². The molecule has 0 saturated heterocycles. The van der Waals surface area contributed by atoms with Crippen molar-refractivity contribution in [1.82, 2.24) is 0 Å². The van der Waals surface area contributed by atoms with Crippen LogP contribution in [0.2, 0.25) is 0 Å². The average molecular weight is 136 g/mol. The molecule has 0 aromatic rings. The third kappa shape index (κ3) is 2.17. The molecule has 0 unspecified atom stereocenters. The second-order valence-corrected chi connectivity index (χ2v) is 3.10. The third-order valence-electron chi connectivity index (χ3n) is 1.01. The maximum absolute atomic E-state index is 8.17. The molecule has 0 amide bonds. The molecule has 3 heteroatoms. The van der Waals surface area contributed by atoms with Gasteiger partial charge in [-0.3, -0.25) is 0 Å². The summed E-state index contributed by atoms with van der Waals surface area (Å²) in [7, 11) is 0. The highest BCUT2D eigenvalue weighted by Crippen LogP contribution is 2.13. The van der Waals surface area contributed by atoms with Crippen LogP contribution in [0.3, 0.4) is 0 Å². The van der Waals surface area contributed by atoms with Crippen molar-refractivity contribution >= 4 is 17.3 Å². The number of rotatable bonds is 1. The fraction of sp³-hybridized carbons (Fsp3) is 0.800. The quantitative estimate of drug-likeness (QED) is 0.253. The molecule has 0 saturated carbocycles. The monoisotopic (exact) mass is 135 g/mol. The van der Waals surface area contributed by atoms with Crippen molar-refractivity contribution in [3.05, 3.63) is 0 Å². The Hall–Kier alpha value is -0.240. The number of oxime groups is 1. The first-order chi connectivity index (χ1) is 3.48. The summed E-state index contributed by atoms with van der Waals surface area (Å²) >= 11 is 5.69. The Morgan fingerprint density at radius 3 is 2.00 bits per heavy atom. The summed E-state index contributed by atoms with van der Waals surface area (Å²) in [4.78, 5) is -0.519. The first kappa shape index (κ1) is 7.76. The summed E-state index contributed by atoms with van der Waals surface area (Å²) in [6, 6.07) is 0. The zero-order chi connectivity index (χ0) is 6.78. The lowest BCUT2D eigenvalue weighted by atomic mass is 10.1. The van der Waals surface area contributed by atoms with Gasteiger partial charge in [0.05, 0.1) is 10.6 Å². The van der Waals surface area contributed by atoms with Gasteiger partial charge in [-0.2, -0.15) is 0 Å². The number of halogens is 1. The van der Waals surface area contributed by atoms with Gasteiger partial charge in [-0.05, 0) is 20.8 Å². The van der Waals surface area contributed by atoms with Crippen LogP contribution >= 0.6 is 11.6 Å². The maximum Gasteiger partial charge on any atom is 0.0801 e. The molecule has 8 heavy (non-hydrogen) atoms. The van der Waals surface area contributed by atoms with Gasteiger partial charge in [0, 0.05) is 0 Å². The molecule has 0 aliphatic carbocycles. The normalized spacial score (nSPS) is 14.2. The molecule has 0 aromatic carbocycles. The van der Waals surface area contributed by atoms with Crippen molar-refractivity contribution in [3.8, 4) is 0 Å². The van der Waals surface area contributed by atoms with E-state index in [1.807, 2.05) is 0 Å². The largest absolute Gasteiger partial charge is 0.411 e.